The summed E-state index contributed by atoms with van der Waals surface area (Å²) >= 11 is 3.40. The van der Waals surface area contributed by atoms with Gasteiger partial charge in [-0.25, -0.2) is 0 Å². The van der Waals surface area contributed by atoms with Crippen molar-refractivity contribution in [3.8, 4) is 0 Å². The first-order valence-corrected chi connectivity index (χ1v) is 8.55. The predicted molar refractivity (Wildman–Crippen MR) is 77.8 cm³/mol. The van der Waals surface area contributed by atoms with Gasteiger partial charge in [0.25, 0.3) is 0 Å². The van der Waals surface area contributed by atoms with Crippen LogP contribution in [0.3, 0.4) is 0 Å². The average molecular weight is 282 g/mol. The first-order chi connectivity index (χ1) is 8.64. The van der Waals surface area contributed by atoms with E-state index in [2.05, 4.69) is 18.4 Å². The third-order valence-electron chi connectivity index (χ3n) is 3.80. The molecular formula is C14H18O2S2. The third kappa shape index (κ3) is 2.28. The lowest BCUT2D eigenvalue weighted by atomic mass is 9.79. The van der Waals surface area contributed by atoms with Crippen LogP contribution in [0.1, 0.15) is 31.2 Å². The number of hydrogen-bond acceptors (Lipinski definition) is 3. The molecule has 0 aliphatic heterocycles. The van der Waals surface area contributed by atoms with Gasteiger partial charge in [-0.1, -0.05) is 18.9 Å². The molecule has 2 nitrogen and oxygen atoms in total. The summed E-state index contributed by atoms with van der Waals surface area (Å²) < 4.78 is 0. The van der Waals surface area contributed by atoms with E-state index in [1.165, 1.54) is 9.79 Å². The Morgan fingerprint density at radius 2 is 1.78 bits per heavy atom. The number of aliphatic carboxylic acids is 1. The van der Waals surface area contributed by atoms with E-state index in [1.54, 1.807) is 23.5 Å². The van der Waals surface area contributed by atoms with Crippen LogP contribution in [0.2, 0.25) is 0 Å². The van der Waals surface area contributed by atoms with E-state index in [-0.39, 0.29) is 0 Å². The van der Waals surface area contributed by atoms with Crippen LogP contribution in [0.25, 0.3) is 0 Å². The van der Waals surface area contributed by atoms with Crippen molar-refractivity contribution in [1.29, 1.82) is 0 Å². The molecule has 98 valence electrons. The molecule has 2 rings (SSSR count). The molecule has 1 aliphatic carbocycles. The summed E-state index contributed by atoms with van der Waals surface area (Å²) in [5.41, 5.74) is 0.344. The smallest absolute Gasteiger partial charge is 0.314 e. The van der Waals surface area contributed by atoms with Gasteiger partial charge < -0.3 is 5.11 Å². The predicted octanol–water partition coefficient (Wildman–Crippen LogP) is 4.03. The van der Waals surface area contributed by atoms with Crippen molar-refractivity contribution in [2.24, 2.45) is 0 Å². The summed E-state index contributed by atoms with van der Waals surface area (Å²) in [4.78, 5) is 14.1. The molecule has 0 aromatic heterocycles. The Labute approximate surface area is 117 Å². The Balaban J connectivity index is 2.46. The maximum absolute atomic E-state index is 11.7. The van der Waals surface area contributed by atoms with Crippen LogP contribution < -0.4 is 0 Å². The molecule has 1 aromatic carbocycles. The summed E-state index contributed by atoms with van der Waals surface area (Å²) in [6.45, 7) is 0. The number of benzene rings is 1. The maximum Gasteiger partial charge on any atom is 0.314 e. The lowest BCUT2D eigenvalue weighted by Gasteiger charge is -2.25. The number of carbonyl (C=O) groups is 1. The summed E-state index contributed by atoms with van der Waals surface area (Å²) in [7, 11) is 0. The highest BCUT2D eigenvalue weighted by molar-refractivity contribution is 8.01. The molecule has 1 aliphatic rings. The molecule has 0 atom stereocenters. The van der Waals surface area contributed by atoms with Crippen molar-refractivity contribution in [3.63, 3.8) is 0 Å². The van der Waals surface area contributed by atoms with Gasteiger partial charge in [0.2, 0.25) is 0 Å². The lowest BCUT2D eigenvalue weighted by Crippen LogP contribution is -2.32. The molecule has 1 aromatic rings. The van der Waals surface area contributed by atoms with Gasteiger partial charge >= 0.3 is 5.97 Å². The van der Waals surface area contributed by atoms with E-state index in [1.807, 2.05) is 12.3 Å². The van der Waals surface area contributed by atoms with Crippen molar-refractivity contribution in [2.45, 2.75) is 40.9 Å². The highest BCUT2D eigenvalue weighted by Crippen LogP contribution is 2.43. The summed E-state index contributed by atoms with van der Waals surface area (Å²) in [6, 6.07) is 6.15. The van der Waals surface area contributed by atoms with E-state index in [0.29, 0.717) is 0 Å². The van der Waals surface area contributed by atoms with Crippen molar-refractivity contribution in [2.75, 3.05) is 12.5 Å². The fourth-order valence-corrected chi connectivity index (χ4v) is 4.22. The molecule has 1 saturated carbocycles. The van der Waals surface area contributed by atoms with Crippen LogP contribution >= 0.6 is 23.5 Å². The number of carboxylic acids is 1. The topological polar surface area (TPSA) is 37.3 Å². The van der Waals surface area contributed by atoms with Crippen LogP contribution in [-0.2, 0) is 10.2 Å². The Morgan fingerprint density at radius 3 is 2.28 bits per heavy atom. The standard InChI is InChI=1S/C14H18O2S2/c1-17-11-6-5-10(9-12(11)18-2)14(13(15)16)7-3-4-8-14/h5-6,9H,3-4,7-8H2,1-2H3,(H,15,16). The fourth-order valence-electron chi connectivity index (χ4n) is 2.74. The number of carboxylic acid groups (broad SMARTS) is 1. The minimum atomic E-state index is -0.663. The first-order valence-electron chi connectivity index (χ1n) is 6.10. The van der Waals surface area contributed by atoms with E-state index in [9.17, 15) is 9.90 Å². The summed E-state index contributed by atoms with van der Waals surface area (Å²) in [5.74, 6) is -0.663. The second kappa shape index (κ2) is 5.57. The molecule has 0 saturated heterocycles. The Morgan fingerprint density at radius 1 is 1.17 bits per heavy atom. The minimum absolute atomic E-state index is 0.637. The Hall–Kier alpha value is -0.610. The monoisotopic (exact) mass is 282 g/mol. The third-order valence-corrected chi connectivity index (χ3v) is 5.51. The van der Waals surface area contributed by atoms with Gasteiger partial charge in [0, 0.05) is 9.79 Å². The normalized spacial score (nSPS) is 17.9. The summed E-state index contributed by atoms with van der Waals surface area (Å²) in [6.07, 6.45) is 7.68. The zero-order chi connectivity index (χ0) is 13.2. The van der Waals surface area contributed by atoms with E-state index >= 15 is 0 Å². The quantitative estimate of drug-likeness (QED) is 0.846. The molecule has 0 spiro atoms. The van der Waals surface area contributed by atoms with Crippen LogP contribution in [0.15, 0.2) is 28.0 Å². The van der Waals surface area contributed by atoms with Crippen molar-refractivity contribution >= 4 is 29.5 Å². The van der Waals surface area contributed by atoms with Crippen LogP contribution in [0, 0.1) is 0 Å². The minimum Gasteiger partial charge on any atom is -0.481 e. The Bertz CT molecular complexity index is 451. The summed E-state index contributed by atoms with van der Waals surface area (Å²) in [5, 5.41) is 9.60. The van der Waals surface area contributed by atoms with E-state index < -0.39 is 11.4 Å². The highest BCUT2D eigenvalue weighted by atomic mass is 32.2. The van der Waals surface area contributed by atoms with Gasteiger partial charge in [-0.2, -0.15) is 0 Å². The molecule has 18 heavy (non-hydrogen) atoms. The number of rotatable bonds is 4. The second-order valence-corrected chi connectivity index (χ2v) is 6.36. The second-order valence-electron chi connectivity index (χ2n) is 4.66. The first kappa shape index (κ1) is 13.8. The zero-order valence-corrected chi connectivity index (χ0v) is 12.4. The van der Waals surface area contributed by atoms with Gasteiger partial charge in [0.1, 0.15) is 0 Å². The number of hydrogen-bond donors (Lipinski definition) is 1. The molecule has 0 heterocycles. The zero-order valence-electron chi connectivity index (χ0n) is 10.7. The number of thioether (sulfide) groups is 2. The molecule has 1 fully saturated rings. The SMILES string of the molecule is CSc1ccc(C2(C(=O)O)CCCC2)cc1SC. The molecule has 0 unspecified atom stereocenters. The van der Waals surface area contributed by atoms with Crippen LogP contribution in [0.4, 0.5) is 0 Å². The molecule has 4 heteroatoms. The average Bonchev–Trinajstić information content (AvgIpc) is 2.88. The van der Waals surface area contributed by atoms with Gasteiger partial charge in [-0.15, -0.1) is 23.5 Å². The highest BCUT2D eigenvalue weighted by Gasteiger charge is 2.43. The van der Waals surface area contributed by atoms with Gasteiger partial charge in [-0.05, 0) is 43.0 Å². The van der Waals surface area contributed by atoms with Gasteiger partial charge in [-0.3, -0.25) is 4.79 Å². The largest absolute Gasteiger partial charge is 0.481 e. The molecule has 0 radical (unpaired) electrons. The van der Waals surface area contributed by atoms with Crippen molar-refractivity contribution in [3.05, 3.63) is 23.8 Å². The molecule has 0 bridgehead atoms. The van der Waals surface area contributed by atoms with Crippen LogP contribution in [0.5, 0.6) is 0 Å². The fraction of sp³-hybridized carbons (Fsp3) is 0.500. The maximum atomic E-state index is 11.7. The van der Waals surface area contributed by atoms with Crippen molar-refractivity contribution < 1.29 is 9.90 Å². The van der Waals surface area contributed by atoms with E-state index in [4.69, 9.17) is 0 Å². The lowest BCUT2D eigenvalue weighted by molar-refractivity contribution is -0.143. The van der Waals surface area contributed by atoms with Gasteiger partial charge in [0.05, 0.1) is 5.41 Å². The Kier molecular flexibility index (Phi) is 4.28. The molecule has 0 amide bonds. The van der Waals surface area contributed by atoms with Crippen LogP contribution in [-0.4, -0.2) is 23.6 Å². The van der Waals surface area contributed by atoms with Crippen molar-refractivity contribution in [1.82, 2.24) is 0 Å². The molecule has 1 N–H and O–H groups in total. The van der Waals surface area contributed by atoms with E-state index in [0.717, 1.165) is 31.2 Å². The molecular weight excluding hydrogens is 264 g/mol. The van der Waals surface area contributed by atoms with Gasteiger partial charge in [0.15, 0.2) is 0 Å².